The number of benzene rings is 3. The largest absolute Gasteiger partial charge is 0.496 e. The molecule has 148 valence electrons. The van der Waals surface area contributed by atoms with E-state index in [1.807, 2.05) is 6.07 Å². The lowest BCUT2D eigenvalue weighted by Gasteiger charge is -2.11. The second-order valence-corrected chi connectivity index (χ2v) is 7.70. The molecule has 0 aromatic heterocycles. The van der Waals surface area contributed by atoms with Crippen molar-refractivity contribution in [3.8, 4) is 5.75 Å². The normalized spacial score (nSPS) is 11.0. The SMILES string of the molecule is COc1ccc(S(N)(=O)=O)cc1C(=O)Nc1cccc(C(=O)c2ccccc2)c1. The van der Waals surface area contributed by atoms with Gasteiger partial charge >= 0.3 is 0 Å². The molecule has 0 saturated carbocycles. The van der Waals surface area contributed by atoms with Crippen molar-refractivity contribution in [2.24, 2.45) is 5.14 Å². The van der Waals surface area contributed by atoms with E-state index < -0.39 is 15.9 Å². The molecule has 0 aliphatic heterocycles. The third-order valence-electron chi connectivity index (χ3n) is 4.16. The predicted molar refractivity (Wildman–Crippen MR) is 109 cm³/mol. The van der Waals surface area contributed by atoms with Gasteiger partial charge in [0, 0.05) is 16.8 Å². The van der Waals surface area contributed by atoms with Crippen LogP contribution >= 0.6 is 0 Å². The molecule has 29 heavy (non-hydrogen) atoms. The number of hydrogen-bond acceptors (Lipinski definition) is 5. The van der Waals surface area contributed by atoms with Crippen molar-refractivity contribution in [3.05, 3.63) is 89.5 Å². The number of nitrogens with two attached hydrogens (primary N) is 1. The Hall–Kier alpha value is -3.49. The smallest absolute Gasteiger partial charge is 0.259 e. The van der Waals surface area contributed by atoms with Crippen LogP contribution in [0.3, 0.4) is 0 Å². The number of rotatable bonds is 6. The van der Waals surface area contributed by atoms with E-state index in [2.05, 4.69) is 5.32 Å². The summed E-state index contributed by atoms with van der Waals surface area (Å²) in [5.41, 5.74) is 1.30. The Morgan fingerprint density at radius 1 is 0.897 bits per heavy atom. The third kappa shape index (κ3) is 4.68. The molecule has 7 nitrogen and oxygen atoms in total. The first-order valence-corrected chi connectivity index (χ1v) is 10.1. The predicted octanol–water partition coefficient (Wildman–Crippen LogP) is 2.83. The van der Waals surface area contributed by atoms with Gasteiger partial charge in [0.1, 0.15) is 5.75 Å². The van der Waals surface area contributed by atoms with Gasteiger partial charge in [-0.05, 0) is 30.3 Å². The highest BCUT2D eigenvalue weighted by atomic mass is 32.2. The molecule has 0 spiro atoms. The van der Waals surface area contributed by atoms with Gasteiger partial charge < -0.3 is 10.1 Å². The first-order chi connectivity index (χ1) is 13.8. The van der Waals surface area contributed by atoms with Crippen molar-refractivity contribution in [1.29, 1.82) is 0 Å². The van der Waals surface area contributed by atoms with Gasteiger partial charge in [-0.1, -0.05) is 42.5 Å². The Bertz CT molecular complexity index is 1170. The quantitative estimate of drug-likeness (QED) is 0.606. The molecule has 1 amide bonds. The van der Waals surface area contributed by atoms with Gasteiger partial charge in [0.2, 0.25) is 10.0 Å². The van der Waals surface area contributed by atoms with Crippen molar-refractivity contribution in [3.63, 3.8) is 0 Å². The summed E-state index contributed by atoms with van der Waals surface area (Å²) in [5.74, 6) is -0.599. The zero-order valence-electron chi connectivity index (χ0n) is 15.5. The molecule has 3 rings (SSSR count). The van der Waals surface area contributed by atoms with Crippen molar-refractivity contribution in [2.45, 2.75) is 4.90 Å². The number of carbonyl (C=O) groups excluding carboxylic acids is 2. The summed E-state index contributed by atoms with van der Waals surface area (Å²) in [6, 6.07) is 19.0. The Labute approximate surface area is 168 Å². The van der Waals surface area contributed by atoms with E-state index in [1.54, 1.807) is 48.5 Å². The van der Waals surface area contributed by atoms with Gasteiger partial charge in [-0.2, -0.15) is 0 Å². The second-order valence-electron chi connectivity index (χ2n) is 6.14. The molecule has 0 unspecified atom stereocenters. The summed E-state index contributed by atoms with van der Waals surface area (Å²) < 4.78 is 28.3. The van der Waals surface area contributed by atoms with Crippen LogP contribution in [0.15, 0.2) is 77.7 Å². The molecular formula is C21H18N2O5S. The summed E-state index contributed by atoms with van der Waals surface area (Å²) in [5, 5.41) is 7.79. The molecule has 0 aliphatic rings. The van der Waals surface area contributed by atoms with Crippen molar-refractivity contribution in [1.82, 2.24) is 0 Å². The molecule has 0 heterocycles. The van der Waals surface area contributed by atoms with Crippen LogP contribution in [0.25, 0.3) is 0 Å². The topological polar surface area (TPSA) is 116 Å². The molecule has 3 N–H and O–H groups in total. The van der Waals surface area contributed by atoms with E-state index in [4.69, 9.17) is 9.88 Å². The zero-order chi connectivity index (χ0) is 21.0. The monoisotopic (exact) mass is 410 g/mol. The molecule has 0 atom stereocenters. The molecule has 3 aromatic rings. The highest BCUT2D eigenvalue weighted by molar-refractivity contribution is 7.89. The maximum absolute atomic E-state index is 12.7. The summed E-state index contributed by atoms with van der Waals surface area (Å²) in [7, 11) is -2.62. The van der Waals surface area contributed by atoms with Crippen LogP contribution in [0.2, 0.25) is 0 Å². The Balaban J connectivity index is 1.89. The fraction of sp³-hybridized carbons (Fsp3) is 0.0476. The minimum Gasteiger partial charge on any atom is -0.496 e. The number of amides is 1. The van der Waals surface area contributed by atoms with Crippen LogP contribution < -0.4 is 15.2 Å². The van der Waals surface area contributed by atoms with Gasteiger partial charge in [-0.15, -0.1) is 0 Å². The Kier molecular flexibility index (Phi) is 5.76. The molecule has 0 bridgehead atoms. The van der Waals surface area contributed by atoms with E-state index in [0.29, 0.717) is 16.8 Å². The third-order valence-corrected chi connectivity index (χ3v) is 5.07. The molecule has 8 heteroatoms. The summed E-state index contributed by atoms with van der Waals surface area (Å²) in [6.45, 7) is 0. The van der Waals surface area contributed by atoms with Crippen LogP contribution in [-0.4, -0.2) is 27.2 Å². The van der Waals surface area contributed by atoms with Crippen LogP contribution in [-0.2, 0) is 10.0 Å². The van der Waals surface area contributed by atoms with E-state index >= 15 is 0 Å². The van der Waals surface area contributed by atoms with E-state index in [-0.39, 0.29) is 22.0 Å². The van der Waals surface area contributed by atoms with Crippen LogP contribution in [0.5, 0.6) is 5.75 Å². The highest BCUT2D eigenvalue weighted by Gasteiger charge is 2.18. The molecule has 0 fully saturated rings. The Morgan fingerprint density at radius 3 is 2.24 bits per heavy atom. The first-order valence-electron chi connectivity index (χ1n) is 8.51. The number of anilines is 1. The first kappa shape index (κ1) is 20.2. The van der Waals surface area contributed by atoms with E-state index in [0.717, 1.165) is 6.07 Å². The van der Waals surface area contributed by atoms with Crippen LogP contribution in [0.1, 0.15) is 26.3 Å². The lowest BCUT2D eigenvalue weighted by atomic mass is 10.0. The fourth-order valence-electron chi connectivity index (χ4n) is 2.73. The summed E-state index contributed by atoms with van der Waals surface area (Å²) >= 11 is 0. The van der Waals surface area contributed by atoms with Gasteiger partial charge in [-0.3, -0.25) is 9.59 Å². The number of primary sulfonamides is 1. The van der Waals surface area contributed by atoms with Crippen molar-refractivity contribution >= 4 is 27.4 Å². The number of nitrogens with one attached hydrogen (secondary N) is 1. The minimum absolute atomic E-state index is 0.00110. The van der Waals surface area contributed by atoms with Crippen LogP contribution in [0, 0.1) is 0 Å². The molecule has 0 saturated heterocycles. The maximum atomic E-state index is 12.7. The van der Waals surface area contributed by atoms with Gasteiger partial charge in [0.15, 0.2) is 5.78 Å². The van der Waals surface area contributed by atoms with Gasteiger partial charge in [0.25, 0.3) is 5.91 Å². The molecule has 3 aromatic carbocycles. The summed E-state index contributed by atoms with van der Waals surface area (Å²) in [4.78, 5) is 25.1. The number of methoxy groups -OCH3 is 1. The standard InChI is InChI=1S/C21H18N2O5S/c1-28-19-11-10-17(29(22,26)27)13-18(19)21(25)23-16-9-5-8-15(12-16)20(24)14-6-3-2-4-7-14/h2-13H,1H3,(H,23,25)(H2,22,26,27). The van der Waals surface area contributed by atoms with Crippen molar-refractivity contribution < 1.29 is 22.7 Å². The fourth-order valence-corrected chi connectivity index (χ4v) is 3.27. The van der Waals surface area contributed by atoms with Gasteiger partial charge in [0.05, 0.1) is 17.6 Å². The van der Waals surface area contributed by atoms with Gasteiger partial charge in [-0.25, -0.2) is 13.6 Å². The second kappa shape index (κ2) is 8.26. The lowest BCUT2D eigenvalue weighted by molar-refractivity contribution is 0.101. The average molecular weight is 410 g/mol. The number of hydrogen-bond donors (Lipinski definition) is 2. The highest BCUT2D eigenvalue weighted by Crippen LogP contribution is 2.24. The number of sulfonamides is 1. The van der Waals surface area contributed by atoms with Crippen molar-refractivity contribution in [2.75, 3.05) is 12.4 Å². The average Bonchev–Trinajstić information content (AvgIpc) is 2.72. The zero-order valence-corrected chi connectivity index (χ0v) is 16.3. The number of ether oxygens (including phenoxy) is 1. The molecular weight excluding hydrogens is 392 g/mol. The summed E-state index contributed by atoms with van der Waals surface area (Å²) in [6.07, 6.45) is 0. The lowest BCUT2D eigenvalue weighted by Crippen LogP contribution is -2.17. The molecule has 0 aliphatic carbocycles. The number of carbonyl (C=O) groups is 2. The van der Waals surface area contributed by atoms with E-state index in [1.165, 1.54) is 19.2 Å². The maximum Gasteiger partial charge on any atom is 0.259 e. The minimum atomic E-state index is -3.99. The number of ketones is 1. The van der Waals surface area contributed by atoms with E-state index in [9.17, 15) is 18.0 Å². The Morgan fingerprint density at radius 2 is 1.59 bits per heavy atom. The molecule has 0 radical (unpaired) electrons. The van der Waals surface area contributed by atoms with Crippen LogP contribution in [0.4, 0.5) is 5.69 Å².